The van der Waals surface area contributed by atoms with E-state index < -0.39 is 0 Å². The summed E-state index contributed by atoms with van der Waals surface area (Å²) in [6, 6.07) is 42.1. The maximum absolute atomic E-state index is 6.92. The summed E-state index contributed by atoms with van der Waals surface area (Å²) >= 11 is 0. The van der Waals surface area contributed by atoms with Crippen molar-refractivity contribution < 1.29 is 4.74 Å². The van der Waals surface area contributed by atoms with Crippen LogP contribution < -0.4 is 14.5 Å². The van der Waals surface area contributed by atoms with Crippen LogP contribution in [0.25, 0.3) is 27.6 Å². The monoisotopic (exact) mass is 754 g/mol. The molecule has 1 aliphatic rings. The first-order valence-electron chi connectivity index (χ1n) is 20.4. The fraction of sp³-hybridized carbons (Fsp3) is 0.327. The molecule has 0 saturated heterocycles. The molecule has 5 heteroatoms. The van der Waals surface area contributed by atoms with Gasteiger partial charge in [0, 0.05) is 40.5 Å². The molecule has 292 valence electrons. The van der Waals surface area contributed by atoms with Gasteiger partial charge in [-0.3, -0.25) is 4.57 Å². The zero-order valence-electron chi connectivity index (χ0n) is 36.0. The lowest BCUT2D eigenvalue weighted by Crippen LogP contribution is -2.26. The number of hydrogen-bond donors (Lipinski definition) is 0. The molecule has 5 aromatic carbocycles. The molecule has 0 amide bonds. The summed E-state index contributed by atoms with van der Waals surface area (Å²) in [6.07, 6.45) is 1.93. The minimum Gasteiger partial charge on any atom is -0.457 e. The molecule has 0 unspecified atom stereocenters. The molecule has 3 heterocycles. The molecule has 1 aliphatic heterocycles. The molecule has 0 fully saturated rings. The molecule has 0 saturated carbocycles. The zero-order chi connectivity index (χ0) is 40.7. The van der Waals surface area contributed by atoms with Crippen molar-refractivity contribution in [3.05, 3.63) is 144 Å². The van der Waals surface area contributed by atoms with Crippen LogP contribution in [0.2, 0.25) is 0 Å². The van der Waals surface area contributed by atoms with Gasteiger partial charge in [-0.05, 0) is 111 Å². The summed E-state index contributed by atoms with van der Waals surface area (Å²) < 4.78 is 9.20. The standard InChI is InChI=1S/C52H58N4O/c1-49(2,3)34-23-24-53-48(30-34)56-44-18-14-13-17-42(44)43-22-21-40(32-47(43)56)57-41-29-37(52(10,11)12)28-39(31-41)55-33-54(45-19-15-16-20-46(45)55)38-26-35(50(4,5)6)25-36(27-38)51(7,8)9/h13-32H,33H2,1-12H3. The number of fused-ring (bicyclic) bond motifs is 4. The summed E-state index contributed by atoms with van der Waals surface area (Å²) in [6.45, 7) is 28.1. The summed E-state index contributed by atoms with van der Waals surface area (Å²) in [7, 11) is 0. The predicted molar refractivity (Wildman–Crippen MR) is 242 cm³/mol. The highest BCUT2D eigenvalue weighted by Gasteiger charge is 2.31. The minimum absolute atomic E-state index is 0.000778. The first-order valence-corrected chi connectivity index (χ1v) is 20.4. The average molecular weight is 755 g/mol. The van der Waals surface area contributed by atoms with Crippen molar-refractivity contribution in [3.63, 3.8) is 0 Å². The molecule has 0 aliphatic carbocycles. The number of ether oxygens (including phenoxy) is 1. The zero-order valence-corrected chi connectivity index (χ0v) is 36.0. The Balaban J connectivity index is 1.22. The molecule has 8 rings (SSSR count). The van der Waals surface area contributed by atoms with Crippen LogP contribution in [-0.2, 0) is 21.7 Å². The Hall–Kier alpha value is -5.55. The van der Waals surface area contributed by atoms with Gasteiger partial charge in [-0.1, -0.05) is 119 Å². The molecule has 0 atom stereocenters. The van der Waals surface area contributed by atoms with E-state index in [4.69, 9.17) is 9.72 Å². The van der Waals surface area contributed by atoms with Gasteiger partial charge >= 0.3 is 0 Å². The number of aromatic nitrogens is 2. The number of anilines is 4. The number of hydrogen-bond acceptors (Lipinski definition) is 4. The summed E-state index contributed by atoms with van der Waals surface area (Å²) in [4.78, 5) is 9.81. The largest absolute Gasteiger partial charge is 0.457 e. The van der Waals surface area contributed by atoms with Crippen LogP contribution in [0.15, 0.2) is 121 Å². The fourth-order valence-corrected chi connectivity index (χ4v) is 7.92. The molecule has 0 bridgehead atoms. The molecule has 2 aromatic heterocycles. The molecule has 0 spiro atoms. The quantitative estimate of drug-likeness (QED) is 0.175. The normalized spacial score (nSPS) is 13.8. The topological polar surface area (TPSA) is 33.5 Å². The number of pyridine rings is 1. The second-order valence-electron chi connectivity index (χ2n) is 20.0. The lowest BCUT2D eigenvalue weighted by molar-refractivity contribution is 0.479. The first-order chi connectivity index (χ1) is 26.8. The third-order valence-electron chi connectivity index (χ3n) is 11.5. The Labute approximate surface area is 339 Å². The van der Waals surface area contributed by atoms with Crippen molar-refractivity contribution >= 4 is 44.6 Å². The molecular weight excluding hydrogens is 697 g/mol. The Morgan fingerprint density at radius 3 is 1.58 bits per heavy atom. The summed E-state index contributed by atoms with van der Waals surface area (Å²) in [5, 5.41) is 2.36. The lowest BCUT2D eigenvalue weighted by atomic mass is 9.80. The fourth-order valence-electron chi connectivity index (χ4n) is 7.92. The van der Waals surface area contributed by atoms with Crippen molar-refractivity contribution in [2.24, 2.45) is 0 Å². The van der Waals surface area contributed by atoms with Gasteiger partial charge in [-0.15, -0.1) is 0 Å². The van der Waals surface area contributed by atoms with Gasteiger partial charge in [0.1, 0.15) is 24.0 Å². The Bertz CT molecular complexity index is 2610. The summed E-state index contributed by atoms with van der Waals surface area (Å²) in [5.74, 6) is 2.50. The van der Waals surface area contributed by atoms with E-state index in [1.807, 2.05) is 6.20 Å². The van der Waals surface area contributed by atoms with Gasteiger partial charge in [-0.25, -0.2) is 4.98 Å². The van der Waals surface area contributed by atoms with Gasteiger partial charge in [0.15, 0.2) is 0 Å². The van der Waals surface area contributed by atoms with E-state index in [0.717, 1.165) is 34.0 Å². The number of benzene rings is 5. The second-order valence-corrected chi connectivity index (χ2v) is 20.0. The van der Waals surface area contributed by atoms with Crippen molar-refractivity contribution in [1.29, 1.82) is 0 Å². The minimum atomic E-state index is -0.101. The highest BCUT2D eigenvalue weighted by Crippen LogP contribution is 2.47. The van der Waals surface area contributed by atoms with E-state index in [1.165, 1.54) is 50.1 Å². The van der Waals surface area contributed by atoms with E-state index in [0.29, 0.717) is 6.67 Å². The van der Waals surface area contributed by atoms with E-state index in [9.17, 15) is 0 Å². The SMILES string of the molecule is CC(C)(C)c1cc(Oc2ccc3c4ccccc4n(-c4cc(C(C)(C)C)ccn4)c3c2)cc(N2CN(c3cc(C(C)(C)C)cc(C(C)(C)C)c3)c3ccccc32)c1. The first kappa shape index (κ1) is 38.3. The van der Waals surface area contributed by atoms with E-state index in [1.54, 1.807) is 0 Å². The van der Waals surface area contributed by atoms with Crippen LogP contribution in [-0.4, -0.2) is 16.2 Å². The van der Waals surface area contributed by atoms with Crippen molar-refractivity contribution in [2.75, 3.05) is 16.5 Å². The van der Waals surface area contributed by atoms with Gasteiger partial charge in [0.05, 0.1) is 22.4 Å². The van der Waals surface area contributed by atoms with E-state index >= 15 is 0 Å². The smallest absolute Gasteiger partial charge is 0.137 e. The Morgan fingerprint density at radius 1 is 0.456 bits per heavy atom. The second kappa shape index (κ2) is 13.5. The summed E-state index contributed by atoms with van der Waals surface area (Å²) in [5.41, 5.74) is 12.0. The van der Waals surface area contributed by atoms with Crippen LogP contribution in [0.5, 0.6) is 11.5 Å². The van der Waals surface area contributed by atoms with E-state index in [-0.39, 0.29) is 21.7 Å². The lowest BCUT2D eigenvalue weighted by Gasteiger charge is -2.29. The third-order valence-corrected chi connectivity index (χ3v) is 11.5. The molecule has 0 radical (unpaired) electrons. The maximum Gasteiger partial charge on any atom is 0.137 e. The van der Waals surface area contributed by atoms with Crippen molar-refractivity contribution in [3.8, 4) is 17.3 Å². The maximum atomic E-state index is 6.92. The van der Waals surface area contributed by atoms with Crippen LogP contribution in [0.3, 0.4) is 0 Å². The Kier molecular flexibility index (Phi) is 9.11. The van der Waals surface area contributed by atoms with Gasteiger partial charge < -0.3 is 14.5 Å². The van der Waals surface area contributed by atoms with Gasteiger partial charge in [0.2, 0.25) is 0 Å². The van der Waals surface area contributed by atoms with Gasteiger partial charge in [0.25, 0.3) is 0 Å². The predicted octanol–water partition coefficient (Wildman–Crippen LogP) is 14.4. The molecule has 57 heavy (non-hydrogen) atoms. The molecular formula is C52H58N4O. The number of rotatable bonds is 5. The third kappa shape index (κ3) is 7.29. The number of nitrogens with zero attached hydrogens (tertiary/aromatic N) is 4. The van der Waals surface area contributed by atoms with Gasteiger partial charge in [-0.2, -0.15) is 0 Å². The van der Waals surface area contributed by atoms with Crippen LogP contribution in [0, 0.1) is 0 Å². The van der Waals surface area contributed by atoms with Crippen LogP contribution in [0.4, 0.5) is 22.7 Å². The molecule has 7 aromatic rings. The average Bonchev–Trinajstić information content (AvgIpc) is 3.69. The van der Waals surface area contributed by atoms with Crippen LogP contribution >= 0.6 is 0 Å². The van der Waals surface area contributed by atoms with Crippen molar-refractivity contribution in [2.45, 2.75) is 105 Å². The molecule has 0 N–H and O–H groups in total. The van der Waals surface area contributed by atoms with Crippen molar-refractivity contribution in [1.82, 2.24) is 9.55 Å². The highest BCUT2D eigenvalue weighted by atomic mass is 16.5. The van der Waals surface area contributed by atoms with Crippen LogP contribution in [0.1, 0.15) is 105 Å². The highest BCUT2D eigenvalue weighted by molar-refractivity contribution is 6.09. The van der Waals surface area contributed by atoms with E-state index in [2.05, 4.69) is 213 Å². The molecule has 5 nitrogen and oxygen atoms in total. The number of para-hydroxylation sites is 3. The Morgan fingerprint density at radius 2 is 0.982 bits per heavy atom.